The monoisotopic (exact) mass is 341 g/mol. The Hall–Kier alpha value is -2.95. The number of rotatable bonds is 7. The maximum absolute atomic E-state index is 12.1. The highest BCUT2D eigenvalue weighted by atomic mass is 16.5. The van der Waals surface area contributed by atoms with Crippen molar-refractivity contribution in [2.45, 2.75) is 13.0 Å². The fourth-order valence-corrected chi connectivity index (χ4v) is 2.46. The standard InChI is InChI=1S/C20H23NO4/c1-14(16-8-6-5-7-9-16)21-19(22)11-10-15-12-17(23-2)20(25-4)18(13-15)24-3/h5-14H,1-4H3,(H,21,22). The molecule has 5 heteroatoms. The van der Waals surface area contributed by atoms with E-state index in [1.165, 1.54) is 6.08 Å². The molecule has 2 rings (SSSR count). The van der Waals surface area contributed by atoms with Crippen LogP contribution >= 0.6 is 0 Å². The average molecular weight is 341 g/mol. The van der Waals surface area contributed by atoms with Crippen LogP contribution in [0.2, 0.25) is 0 Å². The Bertz CT molecular complexity index is 716. The molecular weight excluding hydrogens is 318 g/mol. The summed E-state index contributed by atoms with van der Waals surface area (Å²) < 4.78 is 15.9. The third-order valence-corrected chi connectivity index (χ3v) is 3.77. The zero-order valence-electron chi connectivity index (χ0n) is 14.9. The van der Waals surface area contributed by atoms with E-state index in [0.717, 1.165) is 11.1 Å². The van der Waals surface area contributed by atoms with Gasteiger partial charge in [-0.05, 0) is 36.3 Å². The van der Waals surface area contributed by atoms with Gasteiger partial charge >= 0.3 is 0 Å². The molecule has 0 radical (unpaired) electrons. The van der Waals surface area contributed by atoms with Crippen LogP contribution in [-0.4, -0.2) is 27.2 Å². The fraction of sp³-hybridized carbons (Fsp3) is 0.250. The van der Waals surface area contributed by atoms with Crippen LogP contribution in [0.5, 0.6) is 17.2 Å². The lowest BCUT2D eigenvalue weighted by atomic mass is 10.1. The van der Waals surface area contributed by atoms with Crippen molar-refractivity contribution < 1.29 is 19.0 Å². The average Bonchev–Trinajstić information content (AvgIpc) is 2.65. The summed E-state index contributed by atoms with van der Waals surface area (Å²) in [4.78, 5) is 12.1. The fourth-order valence-electron chi connectivity index (χ4n) is 2.46. The Morgan fingerprint density at radius 3 is 2.12 bits per heavy atom. The molecule has 132 valence electrons. The zero-order chi connectivity index (χ0) is 18.2. The predicted molar refractivity (Wildman–Crippen MR) is 98.1 cm³/mol. The van der Waals surface area contributed by atoms with E-state index in [1.807, 2.05) is 37.3 Å². The Balaban J connectivity index is 2.11. The number of hydrogen-bond acceptors (Lipinski definition) is 4. The van der Waals surface area contributed by atoms with E-state index in [0.29, 0.717) is 17.2 Å². The van der Waals surface area contributed by atoms with Gasteiger partial charge in [-0.15, -0.1) is 0 Å². The molecular formula is C20H23NO4. The van der Waals surface area contributed by atoms with E-state index < -0.39 is 0 Å². The quantitative estimate of drug-likeness (QED) is 0.782. The number of carbonyl (C=O) groups is 1. The Morgan fingerprint density at radius 2 is 1.60 bits per heavy atom. The predicted octanol–water partition coefficient (Wildman–Crippen LogP) is 3.60. The van der Waals surface area contributed by atoms with E-state index in [-0.39, 0.29) is 11.9 Å². The van der Waals surface area contributed by atoms with Crippen molar-refractivity contribution in [3.8, 4) is 17.2 Å². The summed E-state index contributed by atoms with van der Waals surface area (Å²) in [7, 11) is 4.66. The molecule has 0 aromatic heterocycles. The summed E-state index contributed by atoms with van der Waals surface area (Å²) in [6.07, 6.45) is 3.19. The SMILES string of the molecule is COc1cc(C=CC(=O)NC(C)c2ccccc2)cc(OC)c1OC. The lowest BCUT2D eigenvalue weighted by Gasteiger charge is -2.13. The van der Waals surface area contributed by atoms with Gasteiger partial charge in [-0.1, -0.05) is 30.3 Å². The minimum atomic E-state index is -0.176. The number of carbonyl (C=O) groups excluding carboxylic acids is 1. The van der Waals surface area contributed by atoms with Crippen LogP contribution in [0.4, 0.5) is 0 Å². The van der Waals surface area contributed by atoms with Crippen LogP contribution in [0.15, 0.2) is 48.5 Å². The van der Waals surface area contributed by atoms with Gasteiger partial charge in [0.15, 0.2) is 11.5 Å². The van der Waals surface area contributed by atoms with E-state index in [2.05, 4.69) is 5.32 Å². The van der Waals surface area contributed by atoms with Crippen molar-refractivity contribution >= 4 is 12.0 Å². The van der Waals surface area contributed by atoms with Gasteiger partial charge in [0.05, 0.1) is 27.4 Å². The Kier molecular flexibility index (Phi) is 6.46. The van der Waals surface area contributed by atoms with E-state index in [9.17, 15) is 4.79 Å². The number of methoxy groups -OCH3 is 3. The van der Waals surface area contributed by atoms with Crippen LogP contribution in [0.1, 0.15) is 24.1 Å². The second kappa shape index (κ2) is 8.78. The molecule has 0 saturated heterocycles. The molecule has 0 aliphatic carbocycles. The summed E-state index contributed by atoms with van der Waals surface area (Å²) in [6, 6.07) is 13.3. The van der Waals surface area contributed by atoms with Crippen molar-refractivity contribution in [3.05, 3.63) is 59.7 Å². The number of benzene rings is 2. The van der Waals surface area contributed by atoms with Crippen LogP contribution < -0.4 is 19.5 Å². The summed E-state index contributed by atoms with van der Waals surface area (Å²) in [6.45, 7) is 1.94. The maximum atomic E-state index is 12.1. The molecule has 5 nitrogen and oxygen atoms in total. The zero-order valence-corrected chi connectivity index (χ0v) is 14.9. The summed E-state index contributed by atoms with van der Waals surface area (Å²) >= 11 is 0. The molecule has 2 aromatic rings. The number of ether oxygens (including phenoxy) is 3. The Labute approximate surface area is 148 Å². The van der Waals surface area contributed by atoms with Crippen LogP contribution in [-0.2, 0) is 4.79 Å². The first-order valence-electron chi connectivity index (χ1n) is 7.92. The molecule has 0 aliphatic heterocycles. The molecule has 0 fully saturated rings. The van der Waals surface area contributed by atoms with Gasteiger partial charge in [0.1, 0.15) is 0 Å². The first kappa shape index (κ1) is 18.4. The smallest absolute Gasteiger partial charge is 0.244 e. The molecule has 1 atom stereocenters. The van der Waals surface area contributed by atoms with Crippen LogP contribution in [0, 0.1) is 0 Å². The van der Waals surface area contributed by atoms with Crippen molar-refractivity contribution in [1.29, 1.82) is 0 Å². The van der Waals surface area contributed by atoms with Crippen molar-refractivity contribution in [2.75, 3.05) is 21.3 Å². The number of hydrogen-bond donors (Lipinski definition) is 1. The third kappa shape index (κ3) is 4.76. The van der Waals surface area contributed by atoms with E-state index in [1.54, 1.807) is 39.5 Å². The minimum Gasteiger partial charge on any atom is -0.493 e. The van der Waals surface area contributed by atoms with Gasteiger partial charge in [0.25, 0.3) is 0 Å². The molecule has 1 amide bonds. The summed E-state index contributed by atoms with van der Waals surface area (Å²) in [5.41, 5.74) is 1.83. The molecule has 0 saturated carbocycles. The van der Waals surface area contributed by atoms with Gasteiger partial charge in [-0.25, -0.2) is 0 Å². The molecule has 0 bridgehead atoms. The van der Waals surface area contributed by atoms with Crippen LogP contribution in [0.25, 0.3) is 6.08 Å². The summed E-state index contributed by atoms with van der Waals surface area (Å²) in [5.74, 6) is 1.42. The first-order chi connectivity index (χ1) is 12.1. The highest BCUT2D eigenvalue weighted by Gasteiger charge is 2.12. The summed E-state index contributed by atoms with van der Waals surface area (Å²) in [5, 5.41) is 2.93. The second-order valence-electron chi connectivity index (χ2n) is 5.43. The molecule has 0 spiro atoms. The van der Waals surface area contributed by atoms with Crippen molar-refractivity contribution in [2.24, 2.45) is 0 Å². The van der Waals surface area contributed by atoms with Crippen molar-refractivity contribution in [1.82, 2.24) is 5.32 Å². The maximum Gasteiger partial charge on any atom is 0.244 e. The molecule has 2 aromatic carbocycles. The highest BCUT2D eigenvalue weighted by Crippen LogP contribution is 2.38. The lowest BCUT2D eigenvalue weighted by molar-refractivity contribution is -0.117. The highest BCUT2D eigenvalue weighted by molar-refractivity contribution is 5.92. The first-order valence-corrected chi connectivity index (χ1v) is 7.92. The van der Waals surface area contributed by atoms with Gasteiger partial charge in [-0.3, -0.25) is 4.79 Å². The van der Waals surface area contributed by atoms with Gasteiger partial charge in [0, 0.05) is 6.08 Å². The molecule has 0 heterocycles. The van der Waals surface area contributed by atoms with Crippen molar-refractivity contribution in [3.63, 3.8) is 0 Å². The minimum absolute atomic E-state index is 0.0710. The molecule has 0 aliphatic rings. The van der Waals surface area contributed by atoms with Crippen LogP contribution in [0.3, 0.4) is 0 Å². The van der Waals surface area contributed by atoms with Gasteiger partial charge < -0.3 is 19.5 Å². The second-order valence-corrected chi connectivity index (χ2v) is 5.43. The normalized spacial score (nSPS) is 11.8. The number of nitrogens with one attached hydrogen (secondary N) is 1. The number of amides is 1. The Morgan fingerprint density at radius 1 is 1.00 bits per heavy atom. The third-order valence-electron chi connectivity index (χ3n) is 3.77. The molecule has 25 heavy (non-hydrogen) atoms. The molecule has 1 unspecified atom stereocenters. The van der Waals surface area contributed by atoms with E-state index in [4.69, 9.17) is 14.2 Å². The largest absolute Gasteiger partial charge is 0.493 e. The topological polar surface area (TPSA) is 56.8 Å². The lowest BCUT2D eigenvalue weighted by Crippen LogP contribution is -2.24. The van der Waals surface area contributed by atoms with E-state index >= 15 is 0 Å². The van der Waals surface area contributed by atoms with Gasteiger partial charge in [-0.2, -0.15) is 0 Å². The van der Waals surface area contributed by atoms with Gasteiger partial charge in [0.2, 0.25) is 11.7 Å². The molecule has 1 N–H and O–H groups in total.